The molecule has 0 aliphatic heterocycles. The van der Waals surface area contributed by atoms with Crippen molar-refractivity contribution in [3.8, 4) is 23.0 Å². The Kier molecular flexibility index (Phi) is 8.79. The number of rotatable bonds is 10. The van der Waals surface area contributed by atoms with Crippen LogP contribution >= 0.6 is 0 Å². The summed E-state index contributed by atoms with van der Waals surface area (Å²) in [6.45, 7) is 8.70. The van der Waals surface area contributed by atoms with Gasteiger partial charge in [-0.25, -0.2) is 0 Å². The summed E-state index contributed by atoms with van der Waals surface area (Å²) in [5, 5.41) is 0. The molecule has 0 spiro atoms. The highest BCUT2D eigenvalue weighted by Crippen LogP contribution is 2.36. The van der Waals surface area contributed by atoms with E-state index in [1.54, 1.807) is 24.3 Å². The van der Waals surface area contributed by atoms with E-state index in [4.69, 9.17) is 20.9 Å². The van der Waals surface area contributed by atoms with Gasteiger partial charge in [-0.3, -0.25) is 4.79 Å². The molecule has 4 N–H and O–H groups in total. The van der Waals surface area contributed by atoms with Crippen molar-refractivity contribution in [1.29, 1.82) is 0 Å². The molecule has 6 aromatic carbocycles. The Balaban J connectivity index is 1.18. The third-order valence-corrected chi connectivity index (χ3v) is 9.04. The van der Waals surface area contributed by atoms with Gasteiger partial charge in [-0.2, -0.15) is 0 Å². The van der Waals surface area contributed by atoms with E-state index in [0.717, 1.165) is 33.6 Å². The fourth-order valence-corrected chi connectivity index (χ4v) is 5.87. The summed E-state index contributed by atoms with van der Waals surface area (Å²) in [5.41, 5.74) is 18.4. The Hall–Kier alpha value is -5.81. The lowest BCUT2D eigenvalue weighted by atomic mass is 9.78. The number of carbonyl (C=O) groups excluding carboxylic acids is 1. The predicted molar refractivity (Wildman–Crippen MR) is 195 cm³/mol. The molecule has 5 nitrogen and oxygen atoms in total. The zero-order valence-corrected chi connectivity index (χ0v) is 27.7. The summed E-state index contributed by atoms with van der Waals surface area (Å²) < 4.78 is 12.5. The lowest BCUT2D eigenvalue weighted by Crippen LogP contribution is -2.18. The second-order valence-corrected chi connectivity index (χ2v) is 13.1. The van der Waals surface area contributed by atoms with Gasteiger partial charge in [0.1, 0.15) is 23.0 Å². The van der Waals surface area contributed by atoms with Crippen LogP contribution < -0.4 is 20.9 Å². The van der Waals surface area contributed by atoms with Crippen LogP contribution in [0.15, 0.2) is 146 Å². The average molecular weight is 633 g/mol. The predicted octanol–water partition coefficient (Wildman–Crippen LogP) is 10.3. The first-order valence-electron chi connectivity index (χ1n) is 16.0. The molecule has 0 fully saturated rings. The van der Waals surface area contributed by atoms with E-state index >= 15 is 0 Å². The van der Waals surface area contributed by atoms with E-state index in [-0.39, 0.29) is 16.6 Å². The topological polar surface area (TPSA) is 87.6 Å². The summed E-state index contributed by atoms with van der Waals surface area (Å²) in [6, 6.07) is 46.5. The van der Waals surface area contributed by atoms with Crippen molar-refractivity contribution in [2.24, 2.45) is 0 Å². The Morgan fingerprint density at radius 3 is 1.15 bits per heavy atom. The smallest absolute Gasteiger partial charge is 0.193 e. The molecule has 0 saturated carbocycles. The molecule has 0 heterocycles. The third kappa shape index (κ3) is 6.96. The van der Waals surface area contributed by atoms with E-state index in [2.05, 4.69) is 64.1 Å². The van der Waals surface area contributed by atoms with Gasteiger partial charge in [0.25, 0.3) is 0 Å². The van der Waals surface area contributed by atoms with Crippen LogP contribution in [0.3, 0.4) is 0 Å². The van der Waals surface area contributed by atoms with E-state index in [1.165, 1.54) is 0 Å². The van der Waals surface area contributed by atoms with Gasteiger partial charge in [-0.05, 0) is 95.1 Å². The number of anilines is 2. The summed E-state index contributed by atoms with van der Waals surface area (Å²) in [5.74, 6) is 2.42. The third-order valence-electron chi connectivity index (χ3n) is 9.04. The molecule has 0 aromatic heterocycles. The van der Waals surface area contributed by atoms with Crippen LogP contribution in [0, 0.1) is 0 Å². The number of ether oxygens (including phenoxy) is 2. The Bertz CT molecular complexity index is 1910. The van der Waals surface area contributed by atoms with Crippen LogP contribution in [0.4, 0.5) is 11.4 Å². The Morgan fingerprint density at radius 1 is 0.438 bits per heavy atom. The zero-order chi connectivity index (χ0) is 33.9. The molecule has 5 heteroatoms. The molecule has 6 rings (SSSR count). The van der Waals surface area contributed by atoms with Gasteiger partial charge < -0.3 is 20.9 Å². The van der Waals surface area contributed by atoms with Gasteiger partial charge in [0, 0.05) is 33.3 Å². The van der Waals surface area contributed by atoms with Crippen LogP contribution in [0.25, 0.3) is 0 Å². The van der Waals surface area contributed by atoms with Gasteiger partial charge in [0.05, 0.1) is 0 Å². The van der Waals surface area contributed by atoms with Gasteiger partial charge in [0.15, 0.2) is 5.78 Å². The number of ketones is 1. The molecule has 48 heavy (non-hydrogen) atoms. The van der Waals surface area contributed by atoms with E-state index in [9.17, 15) is 4.79 Å². The highest BCUT2D eigenvalue weighted by molar-refractivity contribution is 6.09. The molecule has 0 atom stereocenters. The molecule has 0 bridgehead atoms. The number of hydrogen-bond acceptors (Lipinski definition) is 5. The van der Waals surface area contributed by atoms with Crippen molar-refractivity contribution in [3.05, 3.63) is 179 Å². The Labute approximate surface area is 282 Å². The molecule has 0 unspecified atom stereocenters. The van der Waals surface area contributed by atoms with Crippen LogP contribution in [0.1, 0.15) is 65.9 Å². The van der Waals surface area contributed by atoms with Crippen molar-refractivity contribution < 1.29 is 14.3 Å². The maximum atomic E-state index is 13.7. The van der Waals surface area contributed by atoms with Crippen LogP contribution in [-0.4, -0.2) is 5.78 Å². The normalized spacial score (nSPS) is 11.6. The first-order valence-corrected chi connectivity index (χ1v) is 16.0. The van der Waals surface area contributed by atoms with Gasteiger partial charge >= 0.3 is 0 Å². The minimum absolute atomic E-state index is 0.123. The van der Waals surface area contributed by atoms with Crippen molar-refractivity contribution >= 4 is 17.2 Å². The fourth-order valence-electron chi connectivity index (χ4n) is 5.87. The van der Waals surface area contributed by atoms with Crippen molar-refractivity contribution in [2.45, 2.75) is 38.5 Å². The van der Waals surface area contributed by atoms with Gasteiger partial charge in [-0.1, -0.05) is 100 Å². The second-order valence-electron chi connectivity index (χ2n) is 13.1. The molecule has 240 valence electrons. The number of carbonyl (C=O) groups is 1. The van der Waals surface area contributed by atoms with Gasteiger partial charge in [-0.15, -0.1) is 0 Å². The fraction of sp³-hybridized carbons (Fsp3) is 0.140. The molecule has 0 saturated heterocycles. The van der Waals surface area contributed by atoms with E-state index in [1.807, 2.05) is 84.9 Å². The molecule has 0 radical (unpaired) electrons. The van der Waals surface area contributed by atoms with Crippen LogP contribution in [0.5, 0.6) is 23.0 Å². The minimum atomic E-state index is -0.258. The number of hydrogen-bond donors (Lipinski definition) is 2. The molecule has 0 aliphatic carbocycles. The van der Waals surface area contributed by atoms with E-state index in [0.29, 0.717) is 34.1 Å². The lowest BCUT2D eigenvalue weighted by molar-refractivity contribution is 0.103. The van der Waals surface area contributed by atoms with Gasteiger partial charge in [0.2, 0.25) is 0 Å². The number of nitrogens with two attached hydrogens (primary N) is 2. The first kappa shape index (κ1) is 32.1. The lowest BCUT2D eigenvalue weighted by Gasteiger charge is -2.26. The summed E-state index contributed by atoms with van der Waals surface area (Å²) in [6.07, 6.45) is 0. The molecule has 6 aromatic rings. The van der Waals surface area contributed by atoms with Crippen LogP contribution in [0.2, 0.25) is 0 Å². The highest BCUT2D eigenvalue weighted by atomic mass is 16.5. The number of nitrogen functional groups attached to an aromatic ring is 2. The largest absolute Gasteiger partial charge is 0.457 e. The quantitative estimate of drug-likeness (QED) is 0.116. The molecule has 0 aliphatic rings. The van der Waals surface area contributed by atoms with Crippen molar-refractivity contribution in [3.63, 3.8) is 0 Å². The van der Waals surface area contributed by atoms with Crippen molar-refractivity contribution in [1.82, 2.24) is 0 Å². The second kappa shape index (κ2) is 13.1. The maximum absolute atomic E-state index is 13.7. The Morgan fingerprint density at radius 2 is 0.771 bits per heavy atom. The minimum Gasteiger partial charge on any atom is -0.457 e. The van der Waals surface area contributed by atoms with Crippen LogP contribution in [-0.2, 0) is 10.8 Å². The summed E-state index contributed by atoms with van der Waals surface area (Å²) >= 11 is 0. The zero-order valence-electron chi connectivity index (χ0n) is 27.7. The summed E-state index contributed by atoms with van der Waals surface area (Å²) in [7, 11) is 0. The standard InChI is InChI=1S/C43H40N2O3/c1-42(2,31-17-21-35(44)22-18-31)33-11-7-15-39(27-33)47-37-13-5-9-29(25-37)41(46)30-10-6-14-38(26-30)48-40-16-8-12-34(28-40)43(3,4)32-19-23-36(45)24-20-32/h5-28H,44-45H2,1-4H3. The SMILES string of the molecule is CC(C)(c1ccc(N)cc1)c1cccc(Oc2cccc(C(=O)c3cccc(Oc4cccc(C(C)(C)c5ccc(N)cc5)c4)c3)c2)c1. The van der Waals surface area contributed by atoms with Crippen molar-refractivity contribution in [2.75, 3.05) is 11.5 Å². The first-order chi connectivity index (χ1) is 23.0. The molecular formula is C43H40N2O3. The monoisotopic (exact) mass is 632 g/mol. The molecule has 0 amide bonds. The maximum Gasteiger partial charge on any atom is 0.193 e. The van der Waals surface area contributed by atoms with E-state index < -0.39 is 0 Å². The summed E-state index contributed by atoms with van der Waals surface area (Å²) in [4.78, 5) is 13.7. The number of benzene rings is 6. The molecular weight excluding hydrogens is 592 g/mol. The highest BCUT2D eigenvalue weighted by Gasteiger charge is 2.25. The average Bonchev–Trinajstić information content (AvgIpc) is 3.09.